The van der Waals surface area contributed by atoms with E-state index in [2.05, 4.69) is 6.07 Å². The zero-order chi connectivity index (χ0) is 26.4. The van der Waals surface area contributed by atoms with Crippen molar-refractivity contribution in [1.82, 2.24) is 0 Å². The van der Waals surface area contributed by atoms with Crippen LogP contribution in [0, 0.1) is 0 Å². The normalized spacial score (nSPS) is 27.2. The quantitative estimate of drug-likeness (QED) is 0.385. The molecular formula is C29H30O8S. The molecule has 38 heavy (non-hydrogen) atoms. The van der Waals surface area contributed by atoms with Crippen molar-refractivity contribution in [1.29, 1.82) is 0 Å². The van der Waals surface area contributed by atoms with Gasteiger partial charge in [0.2, 0.25) is 9.84 Å². The molecule has 8 nitrogen and oxygen atoms in total. The van der Waals surface area contributed by atoms with E-state index in [0.717, 1.165) is 19.3 Å². The third-order valence-electron chi connectivity index (χ3n) is 7.59. The first-order valence-electron chi connectivity index (χ1n) is 12.8. The van der Waals surface area contributed by atoms with Crippen LogP contribution in [0.3, 0.4) is 0 Å². The number of aliphatic hydroxyl groups is 2. The van der Waals surface area contributed by atoms with Gasteiger partial charge in [0, 0.05) is 18.2 Å². The summed E-state index contributed by atoms with van der Waals surface area (Å²) in [6.45, 7) is 0.0249. The van der Waals surface area contributed by atoms with Crippen molar-refractivity contribution in [3.8, 4) is 22.6 Å². The third kappa shape index (κ3) is 4.38. The molecule has 0 spiro atoms. The fourth-order valence-electron chi connectivity index (χ4n) is 5.56. The highest BCUT2D eigenvalue weighted by molar-refractivity contribution is 7.92. The van der Waals surface area contributed by atoms with Crippen molar-refractivity contribution in [2.45, 2.75) is 66.2 Å². The van der Waals surface area contributed by atoms with Crippen LogP contribution in [0.1, 0.15) is 24.0 Å². The van der Waals surface area contributed by atoms with Gasteiger partial charge in [-0.1, -0.05) is 24.3 Å². The van der Waals surface area contributed by atoms with E-state index in [-0.39, 0.29) is 16.4 Å². The number of rotatable bonds is 6. The minimum absolute atomic E-state index is 0.0249. The van der Waals surface area contributed by atoms with Gasteiger partial charge < -0.3 is 29.2 Å². The highest BCUT2D eigenvalue weighted by Gasteiger charge is 2.47. The summed E-state index contributed by atoms with van der Waals surface area (Å²) >= 11 is 0. The SMILES string of the molecule is CO[C@H]1O[C@H](COc2ccc3c(c2)CCCC3)[C@@H](O)[C@H](O)[C@H]1Oc1ccc2c(c1)-c1ccccc1S2(=O)=O. The van der Waals surface area contributed by atoms with E-state index in [1.165, 1.54) is 36.8 Å². The molecule has 9 heteroatoms. The lowest BCUT2D eigenvalue weighted by atomic mass is 9.92. The predicted octanol–water partition coefficient (Wildman–Crippen LogP) is 3.30. The van der Waals surface area contributed by atoms with Crippen LogP contribution < -0.4 is 9.47 Å². The molecule has 5 atom stereocenters. The number of hydrogen-bond donors (Lipinski definition) is 2. The molecule has 2 heterocycles. The molecule has 0 bridgehead atoms. The van der Waals surface area contributed by atoms with Crippen LogP contribution in [0.15, 0.2) is 70.5 Å². The van der Waals surface area contributed by atoms with Gasteiger partial charge in [0.05, 0.1) is 9.79 Å². The van der Waals surface area contributed by atoms with Crippen molar-refractivity contribution < 1.29 is 37.6 Å². The Kier molecular flexibility index (Phi) is 6.65. The molecule has 3 aromatic rings. The molecule has 2 N–H and O–H groups in total. The molecule has 1 aliphatic carbocycles. The zero-order valence-corrected chi connectivity index (χ0v) is 21.8. The number of hydrogen-bond acceptors (Lipinski definition) is 8. The molecule has 2 aliphatic heterocycles. The van der Waals surface area contributed by atoms with Gasteiger partial charge in [-0.2, -0.15) is 0 Å². The average molecular weight is 539 g/mol. The summed E-state index contributed by atoms with van der Waals surface area (Å²) in [6, 6.07) is 17.5. The van der Waals surface area contributed by atoms with Crippen molar-refractivity contribution in [2.24, 2.45) is 0 Å². The molecule has 1 fully saturated rings. The molecule has 1 saturated heterocycles. The van der Waals surface area contributed by atoms with E-state index < -0.39 is 40.5 Å². The third-order valence-corrected chi connectivity index (χ3v) is 9.46. The minimum Gasteiger partial charge on any atom is -0.491 e. The van der Waals surface area contributed by atoms with Gasteiger partial charge in [0.1, 0.15) is 36.4 Å². The number of fused-ring (bicyclic) bond motifs is 4. The zero-order valence-electron chi connectivity index (χ0n) is 20.9. The second-order valence-electron chi connectivity index (χ2n) is 9.95. The van der Waals surface area contributed by atoms with E-state index in [1.54, 1.807) is 30.3 Å². The number of ether oxygens (including phenoxy) is 4. The molecule has 200 valence electrons. The van der Waals surface area contributed by atoms with E-state index in [1.807, 2.05) is 12.1 Å². The maximum atomic E-state index is 12.9. The molecule has 3 aliphatic rings. The van der Waals surface area contributed by atoms with Gasteiger partial charge in [-0.05, 0) is 73.2 Å². The highest BCUT2D eigenvalue weighted by atomic mass is 32.2. The summed E-state index contributed by atoms with van der Waals surface area (Å²) in [6.07, 6.45) is -1.05. The molecule has 0 unspecified atom stereocenters. The Morgan fingerprint density at radius 2 is 1.61 bits per heavy atom. The van der Waals surface area contributed by atoms with Crippen molar-refractivity contribution in [3.05, 3.63) is 71.8 Å². The molecule has 0 aromatic heterocycles. The second kappa shape index (κ2) is 9.98. The fourth-order valence-corrected chi connectivity index (χ4v) is 7.23. The maximum Gasteiger partial charge on any atom is 0.207 e. The van der Waals surface area contributed by atoms with Gasteiger partial charge >= 0.3 is 0 Å². The first-order valence-corrected chi connectivity index (χ1v) is 14.3. The van der Waals surface area contributed by atoms with Gasteiger partial charge in [-0.25, -0.2) is 8.42 Å². The van der Waals surface area contributed by atoms with Crippen LogP contribution in [0.2, 0.25) is 0 Å². The summed E-state index contributed by atoms with van der Waals surface area (Å²) in [4.78, 5) is 0.453. The lowest BCUT2D eigenvalue weighted by Crippen LogP contribution is -2.61. The fraction of sp³-hybridized carbons (Fsp3) is 0.379. The van der Waals surface area contributed by atoms with Gasteiger partial charge in [-0.3, -0.25) is 0 Å². The standard InChI is InChI=1S/C29H30O8S/c1-34-29-28(36-20-12-13-25-22(15-20)21-8-4-5-9-24(21)38(25,32)33)27(31)26(30)23(37-29)16-35-19-11-10-17-6-2-3-7-18(17)14-19/h4-5,8-15,23,26-31H,2-3,6-7,16H2,1H3/t23-,26-,27+,28-,29+/m1/s1. The maximum absolute atomic E-state index is 12.9. The summed E-state index contributed by atoms with van der Waals surface area (Å²) < 4.78 is 49.1. The Balaban J connectivity index is 1.17. The van der Waals surface area contributed by atoms with E-state index in [9.17, 15) is 18.6 Å². The summed E-state index contributed by atoms with van der Waals surface area (Å²) in [5, 5.41) is 21.8. The molecule has 6 rings (SSSR count). The van der Waals surface area contributed by atoms with Gasteiger partial charge in [0.15, 0.2) is 12.4 Å². The van der Waals surface area contributed by atoms with Crippen LogP contribution in [0.25, 0.3) is 11.1 Å². The van der Waals surface area contributed by atoms with Crippen molar-refractivity contribution in [2.75, 3.05) is 13.7 Å². The Hall–Kier alpha value is -2.95. The van der Waals surface area contributed by atoms with Gasteiger partial charge in [-0.15, -0.1) is 0 Å². The minimum atomic E-state index is -3.60. The highest BCUT2D eigenvalue weighted by Crippen LogP contribution is 2.44. The lowest BCUT2D eigenvalue weighted by Gasteiger charge is -2.41. The van der Waals surface area contributed by atoms with Crippen LogP contribution in [-0.4, -0.2) is 63.1 Å². The van der Waals surface area contributed by atoms with Crippen LogP contribution in [0.4, 0.5) is 0 Å². The number of aryl methyl sites for hydroxylation is 2. The molecule has 0 amide bonds. The van der Waals surface area contributed by atoms with Gasteiger partial charge in [0.25, 0.3) is 0 Å². The molecule has 3 aromatic carbocycles. The summed E-state index contributed by atoms with van der Waals surface area (Å²) in [7, 11) is -2.17. The second-order valence-corrected chi connectivity index (χ2v) is 11.8. The monoisotopic (exact) mass is 538 g/mol. The first kappa shape index (κ1) is 25.3. The topological polar surface area (TPSA) is 112 Å². The van der Waals surface area contributed by atoms with E-state index >= 15 is 0 Å². The van der Waals surface area contributed by atoms with Crippen LogP contribution in [0.5, 0.6) is 11.5 Å². The Morgan fingerprint density at radius 1 is 0.868 bits per heavy atom. The Labute approximate surface area is 221 Å². The largest absolute Gasteiger partial charge is 0.491 e. The molecule has 0 radical (unpaired) electrons. The average Bonchev–Trinajstić information content (AvgIpc) is 3.17. The van der Waals surface area contributed by atoms with E-state index in [4.69, 9.17) is 18.9 Å². The first-order chi connectivity index (χ1) is 18.4. The summed E-state index contributed by atoms with van der Waals surface area (Å²) in [5.74, 6) is 1.01. The number of aliphatic hydroxyl groups excluding tert-OH is 2. The predicted molar refractivity (Wildman–Crippen MR) is 138 cm³/mol. The summed E-state index contributed by atoms with van der Waals surface area (Å²) in [5.41, 5.74) is 3.75. The number of sulfone groups is 1. The van der Waals surface area contributed by atoms with Crippen molar-refractivity contribution >= 4 is 9.84 Å². The lowest BCUT2D eigenvalue weighted by molar-refractivity contribution is -0.287. The molecule has 0 saturated carbocycles. The number of methoxy groups -OCH3 is 1. The van der Waals surface area contributed by atoms with Crippen molar-refractivity contribution in [3.63, 3.8) is 0 Å². The Morgan fingerprint density at radius 3 is 2.42 bits per heavy atom. The smallest absolute Gasteiger partial charge is 0.207 e. The number of benzene rings is 3. The van der Waals surface area contributed by atoms with E-state index in [0.29, 0.717) is 22.6 Å². The Bertz CT molecular complexity index is 1450. The van der Waals surface area contributed by atoms with Crippen LogP contribution in [-0.2, 0) is 32.2 Å². The molecular weight excluding hydrogens is 508 g/mol. The van der Waals surface area contributed by atoms with Crippen LogP contribution >= 0.6 is 0 Å².